The Bertz CT molecular complexity index is 818. The second-order valence-electron chi connectivity index (χ2n) is 4.60. The molecule has 2 rings (SSSR count). The van der Waals surface area contributed by atoms with Gasteiger partial charge in [-0.2, -0.15) is 5.26 Å². The van der Waals surface area contributed by atoms with Crippen LogP contribution < -0.4 is 10.1 Å². The molecule has 0 aliphatic rings. The summed E-state index contributed by atoms with van der Waals surface area (Å²) in [5.41, 5.74) is 0.833. The predicted octanol–water partition coefficient (Wildman–Crippen LogP) is 3.21. The lowest BCUT2D eigenvalue weighted by atomic mass is 10.1. The van der Waals surface area contributed by atoms with Crippen LogP contribution in [0.5, 0.6) is 5.75 Å². The van der Waals surface area contributed by atoms with Crippen LogP contribution in [0.3, 0.4) is 0 Å². The summed E-state index contributed by atoms with van der Waals surface area (Å²) in [6, 6.07) is 9.34. The molecule has 1 N–H and O–H groups in total. The van der Waals surface area contributed by atoms with Gasteiger partial charge in [0.15, 0.2) is 0 Å². The number of aromatic nitrogens is 2. The molecule has 1 aromatic carbocycles. The third kappa shape index (κ3) is 4.51. The lowest BCUT2D eigenvalue weighted by molar-refractivity contribution is -0.112. The number of carbonyl (C=O) groups is 1. The van der Waals surface area contributed by atoms with Crippen molar-refractivity contribution in [2.75, 3.05) is 12.4 Å². The number of aryl methyl sites for hydroxylation is 1. The number of allylic oxidation sites excluding steroid dienone is 2. The minimum atomic E-state index is -0.513. The van der Waals surface area contributed by atoms with E-state index in [1.54, 1.807) is 19.3 Å². The van der Waals surface area contributed by atoms with Crippen molar-refractivity contribution in [3.8, 4) is 11.8 Å². The Labute approximate surface area is 144 Å². The largest absolute Gasteiger partial charge is 0.496 e. The molecule has 0 aliphatic carbocycles. The summed E-state index contributed by atoms with van der Waals surface area (Å²) in [5.74, 6) is 0.201. The van der Waals surface area contributed by atoms with E-state index in [0.717, 1.165) is 17.0 Å². The van der Waals surface area contributed by atoms with Crippen LogP contribution in [0.15, 0.2) is 42.0 Å². The van der Waals surface area contributed by atoms with Crippen LogP contribution in [0.25, 0.3) is 6.08 Å². The summed E-state index contributed by atoms with van der Waals surface area (Å²) in [4.78, 5) is 12.1. The van der Waals surface area contributed by atoms with Crippen molar-refractivity contribution in [2.24, 2.45) is 0 Å². The lowest BCUT2D eigenvalue weighted by Crippen LogP contribution is -2.13. The highest BCUT2D eigenvalue weighted by Gasteiger charge is 2.11. The van der Waals surface area contributed by atoms with Crippen molar-refractivity contribution in [1.82, 2.24) is 10.2 Å². The average molecular weight is 340 g/mol. The third-order valence-corrected chi connectivity index (χ3v) is 4.02. The number of benzene rings is 1. The van der Waals surface area contributed by atoms with Crippen molar-refractivity contribution >= 4 is 28.5 Å². The monoisotopic (exact) mass is 340 g/mol. The number of ether oxygens (including phenoxy) is 1. The topological polar surface area (TPSA) is 87.9 Å². The molecule has 1 heterocycles. The maximum Gasteiger partial charge on any atom is 0.268 e. The number of carbonyl (C=O) groups excluding carboxylic acids is 1. The lowest BCUT2D eigenvalue weighted by Gasteiger charge is -2.02. The van der Waals surface area contributed by atoms with Gasteiger partial charge in [0.05, 0.1) is 7.11 Å². The normalized spacial score (nSPS) is 11.3. The molecule has 6 nitrogen and oxygen atoms in total. The summed E-state index contributed by atoms with van der Waals surface area (Å²) >= 11 is 1.29. The molecule has 1 aromatic heterocycles. The number of rotatable bonds is 6. The molecule has 0 unspecified atom stereocenters. The number of hydrogen-bond acceptors (Lipinski definition) is 6. The number of anilines is 1. The summed E-state index contributed by atoms with van der Waals surface area (Å²) in [6.45, 7) is 1.95. The molecule has 24 heavy (non-hydrogen) atoms. The highest BCUT2D eigenvalue weighted by molar-refractivity contribution is 7.15. The Morgan fingerprint density at radius 2 is 2.21 bits per heavy atom. The van der Waals surface area contributed by atoms with Gasteiger partial charge in [0.1, 0.15) is 22.4 Å². The SMILES string of the molecule is CCc1nnc(NC(=O)C(C#N)=CC=Cc2ccccc2OC)s1. The van der Waals surface area contributed by atoms with E-state index >= 15 is 0 Å². The zero-order valence-corrected chi connectivity index (χ0v) is 14.1. The molecule has 0 atom stereocenters. The standard InChI is InChI=1S/C17H16N4O2S/c1-3-15-20-21-17(24-15)19-16(22)13(11-18)9-6-8-12-7-4-5-10-14(12)23-2/h4-10H,3H2,1-2H3,(H,19,21,22). The molecule has 0 spiro atoms. The number of methoxy groups -OCH3 is 1. The summed E-state index contributed by atoms with van der Waals surface area (Å²) in [5, 5.41) is 20.7. The van der Waals surface area contributed by atoms with E-state index in [4.69, 9.17) is 10.00 Å². The number of para-hydroxylation sites is 1. The fourth-order valence-electron chi connectivity index (χ4n) is 1.83. The molecular weight excluding hydrogens is 324 g/mol. The second-order valence-corrected chi connectivity index (χ2v) is 5.66. The highest BCUT2D eigenvalue weighted by Crippen LogP contribution is 2.19. The second kappa shape index (κ2) is 8.60. The minimum Gasteiger partial charge on any atom is -0.496 e. The van der Waals surface area contributed by atoms with Gasteiger partial charge in [0.2, 0.25) is 5.13 Å². The molecule has 1 amide bonds. The first kappa shape index (κ1) is 17.4. The van der Waals surface area contributed by atoms with Crippen LogP contribution in [0, 0.1) is 11.3 Å². The van der Waals surface area contributed by atoms with Crippen molar-refractivity contribution < 1.29 is 9.53 Å². The van der Waals surface area contributed by atoms with Crippen LogP contribution in [-0.4, -0.2) is 23.2 Å². The van der Waals surface area contributed by atoms with Crippen molar-refractivity contribution in [1.29, 1.82) is 5.26 Å². The quantitative estimate of drug-likeness (QED) is 0.495. The van der Waals surface area contributed by atoms with E-state index in [9.17, 15) is 4.79 Å². The van der Waals surface area contributed by atoms with E-state index in [-0.39, 0.29) is 5.57 Å². The van der Waals surface area contributed by atoms with Crippen molar-refractivity contribution in [3.05, 3.63) is 52.6 Å². The van der Waals surface area contributed by atoms with E-state index in [2.05, 4.69) is 15.5 Å². The molecule has 0 fully saturated rings. The molecule has 0 radical (unpaired) electrons. The molecule has 0 aliphatic heterocycles. The van der Waals surface area contributed by atoms with Crippen LogP contribution >= 0.6 is 11.3 Å². The van der Waals surface area contributed by atoms with E-state index in [0.29, 0.717) is 10.9 Å². The molecular formula is C17H16N4O2S. The molecule has 2 aromatic rings. The summed E-state index contributed by atoms with van der Waals surface area (Å²) in [7, 11) is 1.59. The summed E-state index contributed by atoms with van der Waals surface area (Å²) in [6.07, 6.45) is 5.59. The summed E-state index contributed by atoms with van der Waals surface area (Å²) < 4.78 is 5.24. The minimum absolute atomic E-state index is 0.0191. The van der Waals surface area contributed by atoms with Gasteiger partial charge < -0.3 is 4.74 Å². The van der Waals surface area contributed by atoms with E-state index < -0.39 is 5.91 Å². The predicted molar refractivity (Wildman–Crippen MR) is 93.6 cm³/mol. The highest BCUT2D eigenvalue weighted by atomic mass is 32.1. The Kier molecular flexibility index (Phi) is 6.23. The molecule has 122 valence electrons. The molecule has 0 saturated carbocycles. The maximum absolute atomic E-state index is 12.1. The Morgan fingerprint density at radius 1 is 1.42 bits per heavy atom. The first-order chi connectivity index (χ1) is 11.7. The van der Waals surface area contributed by atoms with Crippen molar-refractivity contribution in [2.45, 2.75) is 13.3 Å². The Hall–Kier alpha value is -2.98. The molecule has 0 bridgehead atoms. The van der Waals surface area contributed by atoms with E-state index in [1.807, 2.05) is 37.3 Å². The first-order valence-electron chi connectivity index (χ1n) is 7.23. The van der Waals surface area contributed by atoms with Crippen LogP contribution in [0.2, 0.25) is 0 Å². The smallest absolute Gasteiger partial charge is 0.268 e. The van der Waals surface area contributed by atoms with Gasteiger partial charge in [-0.1, -0.05) is 48.6 Å². The third-order valence-electron chi connectivity index (χ3n) is 3.03. The van der Waals surface area contributed by atoms with Gasteiger partial charge in [-0.05, 0) is 18.6 Å². The van der Waals surface area contributed by atoms with Gasteiger partial charge in [-0.25, -0.2) is 0 Å². The molecule has 0 saturated heterocycles. The van der Waals surface area contributed by atoms with Gasteiger partial charge >= 0.3 is 0 Å². The van der Waals surface area contributed by atoms with Crippen molar-refractivity contribution in [3.63, 3.8) is 0 Å². The van der Waals surface area contributed by atoms with E-state index in [1.165, 1.54) is 17.4 Å². The number of nitrogens with one attached hydrogen (secondary N) is 1. The number of nitriles is 1. The van der Waals surface area contributed by atoms with Gasteiger partial charge in [-0.3, -0.25) is 10.1 Å². The first-order valence-corrected chi connectivity index (χ1v) is 8.04. The Morgan fingerprint density at radius 3 is 2.88 bits per heavy atom. The van der Waals surface area contributed by atoms with Gasteiger partial charge in [0, 0.05) is 5.56 Å². The number of nitrogens with zero attached hydrogens (tertiary/aromatic N) is 3. The molecule has 7 heteroatoms. The average Bonchev–Trinajstić information content (AvgIpc) is 3.06. The van der Waals surface area contributed by atoms with Gasteiger partial charge in [0.25, 0.3) is 5.91 Å². The van der Waals surface area contributed by atoms with Crippen LogP contribution in [0.4, 0.5) is 5.13 Å². The van der Waals surface area contributed by atoms with Crippen LogP contribution in [0.1, 0.15) is 17.5 Å². The Balaban J connectivity index is 2.09. The zero-order chi connectivity index (χ0) is 17.4. The fourth-order valence-corrected chi connectivity index (χ4v) is 2.50. The number of amides is 1. The maximum atomic E-state index is 12.1. The zero-order valence-electron chi connectivity index (χ0n) is 13.3. The fraction of sp³-hybridized carbons (Fsp3) is 0.176. The number of hydrogen-bond donors (Lipinski definition) is 1. The van der Waals surface area contributed by atoms with Crippen LogP contribution in [-0.2, 0) is 11.2 Å². The van der Waals surface area contributed by atoms with Gasteiger partial charge in [-0.15, -0.1) is 10.2 Å².